The van der Waals surface area contributed by atoms with Gasteiger partial charge < -0.3 is 4.18 Å². The van der Waals surface area contributed by atoms with Crippen LogP contribution < -0.4 is 8.31 Å². The van der Waals surface area contributed by atoms with Crippen molar-refractivity contribution in [1.29, 1.82) is 0 Å². The van der Waals surface area contributed by atoms with Gasteiger partial charge in [0, 0.05) is 0 Å². The second kappa shape index (κ2) is 8.91. The summed E-state index contributed by atoms with van der Waals surface area (Å²) >= 11 is 0. The standard InChI is InChI=1S/C19H15F3NO5S3/c20-19(21,22)30(24,25)23-31(26,27)28-17-13-7-8-14-18(17)29(15-9-3-1-4-10-15)16-11-5-2-6-12-16/h1-14,23H/q+1. The van der Waals surface area contributed by atoms with Gasteiger partial charge in [0.1, 0.15) is 10.9 Å². The Morgan fingerprint density at radius 2 is 1.16 bits per heavy atom. The van der Waals surface area contributed by atoms with Gasteiger partial charge >= 0.3 is 25.8 Å². The summed E-state index contributed by atoms with van der Waals surface area (Å²) in [6.45, 7) is 0. The van der Waals surface area contributed by atoms with Gasteiger partial charge in [-0.05, 0) is 36.4 Å². The third-order valence-electron chi connectivity index (χ3n) is 3.74. The largest absolute Gasteiger partial charge is 0.512 e. The van der Waals surface area contributed by atoms with E-state index in [2.05, 4.69) is 0 Å². The van der Waals surface area contributed by atoms with Gasteiger partial charge in [0.25, 0.3) is 0 Å². The van der Waals surface area contributed by atoms with E-state index in [0.717, 1.165) is 9.79 Å². The van der Waals surface area contributed by atoms with Crippen LogP contribution in [0.15, 0.2) is 99.6 Å². The van der Waals surface area contributed by atoms with Crippen molar-refractivity contribution < 1.29 is 34.2 Å². The third-order valence-corrected chi connectivity index (χ3v) is 8.71. The molecule has 3 rings (SSSR count). The molecule has 0 aromatic heterocycles. The Morgan fingerprint density at radius 1 is 0.710 bits per heavy atom. The molecule has 0 amide bonds. The molecule has 0 fully saturated rings. The average Bonchev–Trinajstić information content (AvgIpc) is 2.69. The smallest absolute Gasteiger partial charge is 0.365 e. The van der Waals surface area contributed by atoms with Gasteiger partial charge in [0.15, 0.2) is 15.5 Å². The molecule has 0 saturated heterocycles. The second-order valence-corrected chi connectivity index (χ2v) is 11.2. The van der Waals surface area contributed by atoms with E-state index in [-0.39, 0.29) is 5.75 Å². The Bertz CT molecular complexity index is 1210. The molecule has 1 N–H and O–H groups in total. The highest BCUT2D eigenvalue weighted by atomic mass is 32.3. The van der Waals surface area contributed by atoms with Crippen LogP contribution in [0.25, 0.3) is 0 Å². The quantitative estimate of drug-likeness (QED) is 0.509. The van der Waals surface area contributed by atoms with Crippen LogP contribution in [-0.2, 0) is 31.2 Å². The third kappa shape index (κ3) is 5.58. The van der Waals surface area contributed by atoms with E-state index >= 15 is 0 Å². The molecule has 0 bridgehead atoms. The predicted octanol–water partition coefficient (Wildman–Crippen LogP) is 3.84. The first-order valence-corrected chi connectivity index (χ1v) is 12.6. The van der Waals surface area contributed by atoms with E-state index in [0.29, 0.717) is 9.02 Å². The van der Waals surface area contributed by atoms with E-state index in [4.69, 9.17) is 4.18 Å². The number of nitrogens with one attached hydrogen (secondary N) is 1. The van der Waals surface area contributed by atoms with Crippen LogP contribution in [0.2, 0.25) is 0 Å². The fraction of sp³-hybridized carbons (Fsp3) is 0.0526. The number of benzene rings is 3. The van der Waals surface area contributed by atoms with Crippen molar-refractivity contribution in [2.45, 2.75) is 20.2 Å². The molecule has 3 aromatic carbocycles. The molecule has 0 unspecified atom stereocenters. The van der Waals surface area contributed by atoms with Gasteiger partial charge in [-0.2, -0.15) is 21.6 Å². The van der Waals surface area contributed by atoms with Gasteiger partial charge in [-0.1, -0.05) is 52.7 Å². The van der Waals surface area contributed by atoms with Crippen LogP contribution in [0, 0.1) is 0 Å². The Hall–Kier alpha value is -2.54. The van der Waals surface area contributed by atoms with Gasteiger partial charge in [-0.25, -0.2) is 8.42 Å². The van der Waals surface area contributed by atoms with Crippen molar-refractivity contribution in [3.8, 4) is 5.75 Å². The summed E-state index contributed by atoms with van der Waals surface area (Å²) in [6, 6.07) is 23.8. The molecule has 0 aliphatic carbocycles. The van der Waals surface area contributed by atoms with Crippen molar-refractivity contribution in [2.24, 2.45) is 0 Å². The Labute approximate surface area is 180 Å². The molecule has 0 atom stereocenters. The van der Waals surface area contributed by atoms with Crippen LogP contribution in [0.1, 0.15) is 0 Å². The fourth-order valence-electron chi connectivity index (χ4n) is 2.51. The maximum Gasteiger partial charge on any atom is 0.512 e. The lowest BCUT2D eigenvalue weighted by Crippen LogP contribution is -2.42. The van der Waals surface area contributed by atoms with E-state index < -0.39 is 36.7 Å². The molecule has 0 radical (unpaired) electrons. The lowest BCUT2D eigenvalue weighted by atomic mass is 10.3. The van der Waals surface area contributed by atoms with Gasteiger partial charge in [-0.3, -0.25) is 0 Å². The minimum Gasteiger partial charge on any atom is -0.365 e. The first-order chi connectivity index (χ1) is 14.5. The fourth-order valence-corrected chi connectivity index (χ4v) is 6.70. The molecule has 0 aliphatic heterocycles. The molecule has 6 nitrogen and oxygen atoms in total. The summed E-state index contributed by atoms with van der Waals surface area (Å²) < 4.78 is 89.7. The Kier molecular flexibility index (Phi) is 6.65. The van der Waals surface area contributed by atoms with E-state index in [9.17, 15) is 30.0 Å². The maximum atomic E-state index is 12.6. The summed E-state index contributed by atoms with van der Waals surface area (Å²) in [5.41, 5.74) is -5.82. The molecular formula is C19H15F3NO5S3+. The zero-order chi connectivity index (χ0) is 22.7. The van der Waals surface area contributed by atoms with Crippen LogP contribution in [0.3, 0.4) is 0 Å². The Balaban J connectivity index is 2.06. The number of rotatable bonds is 7. The minimum absolute atomic E-state index is 0.302. The molecule has 164 valence electrons. The average molecular weight is 491 g/mol. The highest BCUT2D eigenvalue weighted by molar-refractivity contribution is 8.03. The molecule has 0 spiro atoms. The van der Waals surface area contributed by atoms with Crippen molar-refractivity contribution in [2.75, 3.05) is 0 Å². The summed E-state index contributed by atoms with van der Waals surface area (Å²) in [5.74, 6) is -0.302. The number of alkyl halides is 3. The number of hydrogen-bond acceptors (Lipinski definition) is 5. The molecule has 31 heavy (non-hydrogen) atoms. The number of para-hydroxylation sites is 1. The highest BCUT2D eigenvalue weighted by Crippen LogP contribution is 2.37. The van der Waals surface area contributed by atoms with Gasteiger partial charge in [-0.15, -0.1) is 0 Å². The molecule has 0 aliphatic rings. The minimum atomic E-state index is -6.17. The zero-order valence-electron chi connectivity index (χ0n) is 15.5. The molecule has 3 aromatic rings. The first kappa shape index (κ1) is 23.1. The van der Waals surface area contributed by atoms with Crippen LogP contribution >= 0.6 is 0 Å². The van der Waals surface area contributed by atoms with Crippen molar-refractivity contribution in [3.05, 3.63) is 84.9 Å². The lowest BCUT2D eigenvalue weighted by Gasteiger charge is -2.14. The zero-order valence-corrected chi connectivity index (χ0v) is 17.9. The first-order valence-electron chi connectivity index (χ1n) is 8.48. The summed E-state index contributed by atoms with van der Waals surface area (Å²) in [5, 5.41) is 0. The van der Waals surface area contributed by atoms with E-state index in [1.807, 2.05) is 24.3 Å². The summed E-state index contributed by atoms with van der Waals surface area (Å²) in [6.07, 6.45) is 0. The molecule has 0 heterocycles. The van der Waals surface area contributed by atoms with E-state index in [1.165, 1.54) is 12.1 Å². The normalized spacial score (nSPS) is 12.6. The highest BCUT2D eigenvalue weighted by Gasteiger charge is 2.49. The SMILES string of the molecule is O=S(=O)(NS(=O)(=O)C(F)(F)F)Oc1ccccc1[S+](c1ccccc1)c1ccccc1. The maximum absolute atomic E-state index is 12.6. The predicted molar refractivity (Wildman–Crippen MR) is 109 cm³/mol. The van der Waals surface area contributed by atoms with Gasteiger partial charge in [0.05, 0.1) is 0 Å². The van der Waals surface area contributed by atoms with Crippen molar-refractivity contribution in [1.82, 2.24) is 4.13 Å². The molecule has 12 heteroatoms. The van der Waals surface area contributed by atoms with Crippen molar-refractivity contribution in [3.63, 3.8) is 0 Å². The topological polar surface area (TPSA) is 89.5 Å². The second-order valence-electron chi connectivity index (χ2n) is 5.95. The lowest BCUT2D eigenvalue weighted by molar-refractivity contribution is -0.0442. The van der Waals surface area contributed by atoms with Gasteiger partial charge in [0.2, 0.25) is 4.90 Å². The van der Waals surface area contributed by atoms with Crippen molar-refractivity contribution >= 4 is 31.2 Å². The Morgan fingerprint density at radius 3 is 1.65 bits per heavy atom. The number of sulfonamides is 1. The van der Waals surface area contributed by atoms with Crippen LogP contribution in [0.4, 0.5) is 13.2 Å². The number of hydrogen-bond donors (Lipinski definition) is 1. The monoisotopic (exact) mass is 490 g/mol. The van der Waals surface area contributed by atoms with Crippen LogP contribution in [0.5, 0.6) is 5.75 Å². The summed E-state index contributed by atoms with van der Waals surface area (Å²) in [7, 11) is -12.4. The van der Waals surface area contributed by atoms with Crippen LogP contribution in [-0.4, -0.2) is 22.3 Å². The van der Waals surface area contributed by atoms with E-state index in [1.54, 1.807) is 48.5 Å². The summed E-state index contributed by atoms with van der Waals surface area (Å²) in [4.78, 5) is 1.92. The number of halogens is 3. The molecule has 0 saturated carbocycles. The molecular weight excluding hydrogens is 475 g/mol.